The van der Waals surface area contributed by atoms with Gasteiger partial charge in [0.1, 0.15) is 5.75 Å². The van der Waals surface area contributed by atoms with Crippen LogP contribution in [0.5, 0.6) is 5.75 Å². The maximum atomic E-state index is 12.5. The van der Waals surface area contributed by atoms with Gasteiger partial charge in [0, 0.05) is 10.7 Å². The fraction of sp³-hybridized carbons (Fsp3) is 0.188. The maximum absolute atomic E-state index is 12.5. The van der Waals surface area contributed by atoms with E-state index in [9.17, 15) is 4.79 Å². The normalized spacial score (nSPS) is 20.4. The van der Waals surface area contributed by atoms with E-state index in [0.717, 1.165) is 22.6 Å². The molecule has 20 heavy (non-hydrogen) atoms. The van der Waals surface area contributed by atoms with Gasteiger partial charge in [-0.1, -0.05) is 23.7 Å². The number of hydrogen-bond acceptors (Lipinski definition) is 2. The summed E-state index contributed by atoms with van der Waals surface area (Å²) in [7, 11) is 1.62. The number of fused-ring (bicyclic) bond motifs is 1. The monoisotopic (exact) mass is 287 g/mol. The van der Waals surface area contributed by atoms with Crippen molar-refractivity contribution in [2.24, 2.45) is 0 Å². The minimum absolute atomic E-state index is 0.0388. The first kappa shape index (κ1) is 13.0. The van der Waals surface area contributed by atoms with Crippen molar-refractivity contribution in [3.05, 3.63) is 58.6 Å². The van der Waals surface area contributed by atoms with Crippen LogP contribution in [0.15, 0.2) is 42.5 Å². The van der Waals surface area contributed by atoms with Crippen LogP contribution in [-0.2, 0) is 10.2 Å². The number of methoxy groups -OCH3 is 1. The summed E-state index contributed by atoms with van der Waals surface area (Å²) in [5, 5.41) is 3.58. The molecule has 0 aliphatic carbocycles. The number of carbonyl (C=O) groups excluding carboxylic acids is 1. The van der Waals surface area contributed by atoms with Gasteiger partial charge in [0.15, 0.2) is 0 Å². The van der Waals surface area contributed by atoms with Gasteiger partial charge in [-0.15, -0.1) is 0 Å². The summed E-state index contributed by atoms with van der Waals surface area (Å²) in [5.74, 6) is 0.698. The molecule has 0 fully saturated rings. The topological polar surface area (TPSA) is 38.3 Å². The largest absolute Gasteiger partial charge is 0.497 e. The Kier molecular flexibility index (Phi) is 2.94. The zero-order chi connectivity index (χ0) is 14.3. The number of anilines is 1. The lowest BCUT2D eigenvalue weighted by molar-refractivity contribution is -0.119. The summed E-state index contributed by atoms with van der Waals surface area (Å²) in [6.45, 7) is 1.91. The van der Waals surface area contributed by atoms with Gasteiger partial charge in [-0.2, -0.15) is 0 Å². The molecule has 1 aliphatic heterocycles. The van der Waals surface area contributed by atoms with Gasteiger partial charge in [0.05, 0.1) is 12.5 Å². The van der Waals surface area contributed by atoms with E-state index in [-0.39, 0.29) is 5.91 Å². The summed E-state index contributed by atoms with van der Waals surface area (Å²) in [5.41, 5.74) is 1.93. The molecule has 3 nitrogen and oxygen atoms in total. The molecular weight excluding hydrogens is 274 g/mol. The van der Waals surface area contributed by atoms with Gasteiger partial charge in [-0.3, -0.25) is 4.79 Å². The number of halogens is 1. The fourth-order valence-corrected chi connectivity index (χ4v) is 2.74. The molecule has 1 amide bonds. The number of rotatable bonds is 2. The van der Waals surface area contributed by atoms with Crippen LogP contribution >= 0.6 is 11.6 Å². The van der Waals surface area contributed by atoms with Crippen molar-refractivity contribution in [2.75, 3.05) is 12.4 Å². The standard InChI is InChI=1S/C16H14ClNO2/c1-16(10-3-5-11(17)6-4-10)13-9-12(20-2)7-8-14(13)18-15(16)19/h3-9H,1-2H3,(H,18,19). The molecule has 1 atom stereocenters. The van der Waals surface area contributed by atoms with Crippen molar-refractivity contribution in [3.8, 4) is 5.75 Å². The van der Waals surface area contributed by atoms with Crippen LogP contribution in [0.2, 0.25) is 5.02 Å². The highest BCUT2D eigenvalue weighted by molar-refractivity contribution is 6.30. The first-order chi connectivity index (χ1) is 9.55. The van der Waals surface area contributed by atoms with E-state index in [2.05, 4.69) is 5.32 Å². The minimum atomic E-state index is -0.728. The van der Waals surface area contributed by atoms with E-state index in [1.165, 1.54) is 0 Å². The highest BCUT2D eigenvalue weighted by Crippen LogP contribution is 2.44. The zero-order valence-electron chi connectivity index (χ0n) is 11.2. The molecule has 2 aromatic carbocycles. The van der Waals surface area contributed by atoms with Crippen LogP contribution in [0.1, 0.15) is 18.1 Å². The number of ether oxygens (including phenoxy) is 1. The van der Waals surface area contributed by atoms with Crippen molar-refractivity contribution in [1.82, 2.24) is 0 Å². The molecule has 2 aromatic rings. The van der Waals surface area contributed by atoms with E-state index < -0.39 is 5.41 Å². The van der Waals surface area contributed by atoms with Crippen LogP contribution in [0, 0.1) is 0 Å². The van der Waals surface area contributed by atoms with E-state index in [0.29, 0.717) is 5.02 Å². The second-order valence-electron chi connectivity index (χ2n) is 5.00. The number of nitrogens with one attached hydrogen (secondary N) is 1. The molecule has 3 rings (SSSR count). The first-order valence-corrected chi connectivity index (χ1v) is 6.69. The molecule has 0 bridgehead atoms. The average molecular weight is 288 g/mol. The summed E-state index contributed by atoms with van der Waals surface area (Å²) >= 11 is 5.93. The minimum Gasteiger partial charge on any atom is -0.497 e. The van der Waals surface area contributed by atoms with Crippen molar-refractivity contribution in [3.63, 3.8) is 0 Å². The molecule has 1 N–H and O–H groups in total. The third-order valence-electron chi connectivity index (χ3n) is 3.89. The Morgan fingerprint density at radius 1 is 1.15 bits per heavy atom. The predicted octanol–water partition coefficient (Wildman–Crippen LogP) is 3.61. The van der Waals surface area contributed by atoms with Crippen LogP contribution < -0.4 is 10.1 Å². The molecule has 0 saturated carbocycles. The quantitative estimate of drug-likeness (QED) is 0.916. The van der Waals surface area contributed by atoms with Crippen LogP contribution in [0.3, 0.4) is 0 Å². The molecule has 1 heterocycles. The van der Waals surface area contributed by atoms with Crippen molar-refractivity contribution in [2.45, 2.75) is 12.3 Å². The van der Waals surface area contributed by atoms with Crippen LogP contribution in [0.25, 0.3) is 0 Å². The van der Waals surface area contributed by atoms with Crippen LogP contribution in [0.4, 0.5) is 5.69 Å². The summed E-state index contributed by atoms with van der Waals surface area (Å²) in [4.78, 5) is 12.5. The van der Waals surface area contributed by atoms with Crippen LogP contribution in [-0.4, -0.2) is 13.0 Å². The molecule has 0 radical (unpaired) electrons. The van der Waals surface area contributed by atoms with Crippen molar-refractivity contribution < 1.29 is 9.53 Å². The zero-order valence-corrected chi connectivity index (χ0v) is 12.0. The molecule has 102 valence electrons. The Balaban J connectivity index is 2.19. The smallest absolute Gasteiger partial charge is 0.239 e. The third kappa shape index (κ3) is 1.78. The Morgan fingerprint density at radius 2 is 1.85 bits per heavy atom. The highest BCUT2D eigenvalue weighted by Gasteiger charge is 2.44. The summed E-state index contributed by atoms with van der Waals surface area (Å²) in [6.07, 6.45) is 0. The second-order valence-corrected chi connectivity index (χ2v) is 5.43. The first-order valence-electron chi connectivity index (χ1n) is 6.31. The van der Waals surface area contributed by atoms with E-state index in [1.54, 1.807) is 19.2 Å². The Labute approximate surface area is 122 Å². The van der Waals surface area contributed by atoms with Gasteiger partial charge in [0.2, 0.25) is 5.91 Å². The van der Waals surface area contributed by atoms with Gasteiger partial charge in [0.25, 0.3) is 0 Å². The molecule has 0 spiro atoms. The molecule has 0 aromatic heterocycles. The molecule has 0 saturated heterocycles. The number of amides is 1. The maximum Gasteiger partial charge on any atom is 0.239 e. The number of hydrogen-bond donors (Lipinski definition) is 1. The molecule has 1 aliphatic rings. The van der Waals surface area contributed by atoms with E-state index in [4.69, 9.17) is 16.3 Å². The number of benzene rings is 2. The van der Waals surface area contributed by atoms with Gasteiger partial charge < -0.3 is 10.1 Å². The lowest BCUT2D eigenvalue weighted by atomic mass is 9.77. The summed E-state index contributed by atoms with van der Waals surface area (Å²) < 4.78 is 5.26. The SMILES string of the molecule is COc1ccc2c(c1)C(C)(c1ccc(Cl)cc1)C(=O)N2. The molecule has 4 heteroatoms. The Hall–Kier alpha value is -2.00. The Morgan fingerprint density at radius 3 is 2.50 bits per heavy atom. The number of carbonyl (C=O) groups is 1. The predicted molar refractivity (Wildman–Crippen MR) is 79.5 cm³/mol. The van der Waals surface area contributed by atoms with Gasteiger partial charge >= 0.3 is 0 Å². The third-order valence-corrected chi connectivity index (χ3v) is 4.14. The lowest BCUT2D eigenvalue weighted by Gasteiger charge is -2.23. The Bertz CT molecular complexity index is 681. The summed E-state index contributed by atoms with van der Waals surface area (Å²) in [6, 6.07) is 13.0. The second kappa shape index (κ2) is 4.53. The lowest BCUT2D eigenvalue weighted by Crippen LogP contribution is -2.32. The fourth-order valence-electron chi connectivity index (χ4n) is 2.61. The molecular formula is C16H14ClNO2. The van der Waals surface area contributed by atoms with Crippen molar-refractivity contribution >= 4 is 23.2 Å². The van der Waals surface area contributed by atoms with E-state index >= 15 is 0 Å². The van der Waals surface area contributed by atoms with Gasteiger partial charge in [-0.25, -0.2) is 0 Å². The average Bonchev–Trinajstić information content (AvgIpc) is 2.72. The van der Waals surface area contributed by atoms with Gasteiger partial charge in [-0.05, 0) is 48.4 Å². The molecule has 1 unspecified atom stereocenters. The van der Waals surface area contributed by atoms with E-state index in [1.807, 2.05) is 37.3 Å². The van der Waals surface area contributed by atoms with Crippen molar-refractivity contribution in [1.29, 1.82) is 0 Å². The highest BCUT2D eigenvalue weighted by atomic mass is 35.5.